The van der Waals surface area contributed by atoms with Crippen LogP contribution >= 0.6 is 0 Å². The molecule has 1 fully saturated rings. The lowest BCUT2D eigenvalue weighted by Gasteiger charge is -2.31. The third-order valence-electron chi connectivity index (χ3n) is 6.79. The molecule has 4 rings (SSSR count). The second kappa shape index (κ2) is 12.6. The van der Waals surface area contributed by atoms with E-state index in [9.17, 15) is 23.1 Å². The maximum absolute atomic E-state index is 15.3. The van der Waals surface area contributed by atoms with Crippen LogP contribution in [0.25, 0.3) is 0 Å². The van der Waals surface area contributed by atoms with Crippen LogP contribution in [0.1, 0.15) is 17.0 Å². The van der Waals surface area contributed by atoms with Crippen molar-refractivity contribution in [1.82, 2.24) is 14.9 Å². The predicted octanol–water partition coefficient (Wildman–Crippen LogP) is 2.60. The number of halogens is 4. The minimum atomic E-state index is -4.63. The quantitative estimate of drug-likeness (QED) is 0.139. The predicted molar refractivity (Wildman–Crippen MR) is 144 cm³/mol. The molecule has 2 aliphatic heterocycles. The number of carbonyl (C=O) groups is 1. The number of hydrogen-bond acceptors (Lipinski definition) is 8. The number of morpholine rings is 1. The van der Waals surface area contributed by atoms with E-state index >= 15 is 4.39 Å². The Balaban J connectivity index is 1.59. The van der Waals surface area contributed by atoms with Crippen LogP contribution in [0.15, 0.2) is 65.6 Å². The summed E-state index contributed by atoms with van der Waals surface area (Å²) >= 11 is 0. The Kier molecular flexibility index (Phi) is 9.22. The Bertz CT molecular complexity index is 1340. The fraction of sp³-hybridized carbons (Fsp3) is 0.346. The van der Waals surface area contributed by atoms with Gasteiger partial charge in [-0.25, -0.2) is 25.0 Å². The molecule has 2 unspecified atom stereocenters. The summed E-state index contributed by atoms with van der Waals surface area (Å²) in [4.78, 5) is 22.3. The SMILES string of the molecule is C=CN=C(N)C1C(c2ccc(NC(=O)Nc3cc(C(F)(F)F)ccn3)c(F)c2)C(CO)=C(CN2CCOCC2)N1N. The Morgan fingerprint density at radius 3 is 2.61 bits per heavy atom. The highest BCUT2D eigenvalue weighted by Crippen LogP contribution is 2.41. The van der Waals surface area contributed by atoms with E-state index in [-0.39, 0.29) is 23.9 Å². The minimum absolute atomic E-state index is 0.103. The van der Waals surface area contributed by atoms with Gasteiger partial charge in [-0.1, -0.05) is 12.6 Å². The molecule has 1 aromatic carbocycles. The lowest BCUT2D eigenvalue weighted by molar-refractivity contribution is -0.137. The van der Waals surface area contributed by atoms with E-state index in [1.54, 1.807) is 0 Å². The number of aliphatic hydroxyl groups is 1. The molecule has 0 bridgehead atoms. The van der Waals surface area contributed by atoms with E-state index in [4.69, 9.17) is 16.3 Å². The van der Waals surface area contributed by atoms with E-state index < -0.39 is 35.5 Å². The largest absolute Gasteiger partial charge is 0.416 e. The monoisotopic (exact) mass is 578 g/mol. The number of aliphatic imine (C=N–C) groups is 1. The van der Waals surface area contributed by atoms with Gasteiger partial charge >= 0.3 is 12.2 Å². The van der Waals surface area contributed by atoms with Crippen molar-refractivity contribution in [2.45, 2.75) is 18.1 Å². The highest BCUT2D eigenvalue weighted by molar-refractivity contribution is 5.99. The van der Waals surface area contributed by atoms with Crippen molar-refractivity contribution >= 4 is 23.4 Å². The standard InChI is InChI=1S/C26H30F4N8O3/c1-2-33-24(31)23-22(17(14-39)20(38(23)32)13-37-7-9-41-10-8-37)15-3-4-19(18(27)11-15)35-25(40)36-21-12-16(5-6-34-21)26(28,29)30/h2-6,11-12,22-23,39H,1,7-10,13-14,32H2,(H2,31,33)(H2,34,35,36,40). The molecule has 0 aliphatic carbocycles. The fourth-order valence-corrected chi connectivity index (χ4v) is 4.86. The summed E-state index contributed by atoms with van der Waals surface area (Å²) in [7, 11) is 0. The number of carbonyl (C=O) groups excluding carboxylic acids is 1. The van der Waals surface area contributed by atoms with Crippen LogP contribution in [0, 0.1) is 5.82 Å². The van der Waals surface area contributed by atoms with Crippen LogP contribution < -0.4 is 22.2 Å². The van der Waals surface area contributed by atoms with Gasteiger partial charge in [0.05, 0.1) is 31.1 Å². The average Bonchev–Trinajstić information content (AvgIpc) is 3.21. The molecule has 2 aliphatic rings. The van der Waals surface area contributed by atoms with Crippen LogP contribution in [0.3, 0.4) is 0 Å². The molecule has 11 nitrogen and oxygen atoms in total. The molecule has 0 spiro atoms. The Hall–Kier alpha value is -4.05. The number of hydrogen-bond donors (Lipinski definition) is 5. The molecule has 2 amide bonds. The number of ether oxygens (including phenoxy) is 1. The molecule has 1 aromatic heterocycles. The summed E-state index contributed by atoms with van der Waals surface area (Å²) in [5.74, 6) is 4.70. The fourth-order valence-electron chi connectivity index (χ4n) is 4.86. The van der Waals surface area contributed by atoms with Gasteiger partial charge in [0.2, 0.25) is 0 Å². The number of nitrogens with one attached hydrogen (secondary N) is 2. The van der Waals surface area contributed by atoms with Crippen molar-refractivity contribution in [2.75, 3.05) is 50.1 Å². The topological polar surface area (TPSA) is 154 Å². The first-order valence-corrected chi connectivity index (χ1v) is 12.5. The molecule has 15 heteroatoms. The maximum atomic E-state index is 15.3. The summed E-state index contributed by atoms with van der Waals surface area (Å²) in [6.07, 6.45) is -2.48. The van der Waals surface area contributed by atoms with E-state index in [0.717, 1.165) is 18.3 Å². The summed E-state index contributed by atoms with van der Waals surface area (Å²) in [6.45, 7) is 6.01. The number of urea groups is 1. The van der Waals surface area contributed by atoms with E-state index in [1.807, 2.05) is 0 Å². The van der Waals surface area contributed by atoms with Gasteiger partial charge in [0.25, 0.3) is 0 Å². The van der Waals surface area contributed by atoms with Gasteiger partial charge in [-0.3, -0.25) is 10.2 Å². The number of aromatic nitrogens is 1. The van der Waals surface area contributed by atoms with Gasteiger partial charge < -0.3 is 25.9 Å². The second-order valence-corrected chi connectivity index (χ2v) is 9.33. The van der Waals surface area contributed by atoms with Crippen molar-refractivity contribution in [2.24, 2.45) is 16.6 Å². The Morgan fingerprint density at radius 1 is 1.24 bits per heavy atom. The van der Waals surface area contributed by atoms with Crippen LogP contribution in [-0.2, 0) is 10.9 Å². The van der Waals surface area contributed by atoms with Crippen molar-refractivity contribution in [3.05, 3.63) is 77.5 Å². The molecule has 2 aromatic rings. The molecule has 220 valence electrons. The van der Waals surface area contributed by atoms with E-state index in [2.05, 4.69) is 32.1 Å². The number of alkyl halides is 3. The zero-order chi connectivity index (χ0) is 29.7. The van der Waals surface area contributed by atoms with Crippen molar-refractivity contribution < 1.29 is 32.2 Å². The molecule has 41 heavy (non-hydrogen) atoms. The summed E-state index contributed by atoms with van der Waals surface area (Å²) in [5.41, 5.74) is 6.54. The third kappa shape index (κ3) is 6.82. The molecule has 0 radical (unpaired) electrons. The minimum Gasteiger partial charge on any atom is -0.392 e. The number of amides is 2. The van der Waals surface area contributed by atoms with Crippen LogP contribution in [0.4, 0.5) is 33.9 Å². The first kappa shape index (κ1) is 29.9. The molecular formula is C26H30F4N8O3. The van der Waals surface area contributed by atoms with Gasteiger partial charge in [0.1, 0.15) is 23.5 Å². The zero-order valence-electron chi connectivity index (χ0n) is 21.9. The number of pyridine rings is 1. The van der Waals surface area contributed by atoms with Crippen molar-refractivity contribution in [3.63, 3.8) is 0 Å². The first-order chi connectivity index (χ1) is 19.5. The molecule has 0 saturated carbocycles. The van der Waals surface area contributed by atoms with Gasteiger partial charge in [-0.15, -0.1) is 0 Å². The number of anilines is 2. The summed E-state index contributed by atoms with van der Waals surface area (Å²) < 4.78 is 59.5. The lowest BCUT2D eigenvalue weighted by atomic mass is 9.86. The van der Waals surface area contributed by atoms with Crippen LogP contribution in [-0.4, -0.2) is 77.4 Å². The van der Waals surface area contributed by atoms with E-state index in [0.29, 0.717) is 55.7 Å². The molecule has 2 atom stereocenters. The maximum Gasteiger partial charge on any atom is 0.416 e. The van der Waals surface area contributed by atoms with E-state index in [1.165, 1.54) is 23.3 Å². The third-order valence-corrected chi connectivity index (χ3v) is 6.79. The number of amidine groups is 1. The van der Waals surface area contributed by atoms with Gasteiger partial charge in [0, 0.05) is 43.6 Å². The highest BCUT2D eigenvalue weighted by atomic mass is 19.4. The summed E-state index contributed by atoms with van der Waals surface area (Å²) in [6, 6.07) is 3.64. The number of benzene rings is 1. The van der Waals surface area contributed by atoms with Gasteiger partial charge in [0.15, 0.2) is 0 Å². The number of nitrogens with zero attached hydrogens (tertiary/aromatic N) is 4. The smallest absolute Gasteiger partial charge is 0.392 e. The number of rotatable bonds is 8. The molecule has 7 N–H and O–H groups in total. The highest BCUT2D eigenvalue weighted by Gasteiger charge is 2.43. The second-order valence-electron chi connectivity index (χ2n) is 9.33. The van der Waals surface area contributed by atoms with Crippen molar-refractivity contribution in [1.29, 1.82) is 0 Å². The lowest BCUT2D eigenvalue weighted by Crippen LogP contribution is -2.49. The van der Waals surface area contributed by atoms with Crippen LogP contribution in [0.5, 0.6) is 0 Å². The number of hydrazine groups is 1. The van der Waals surface area contributed by atoms with Crippen LogP contribution in [0.2, 0.25) is 0 Å². The number of nitrogens with two attached hydrogens (primary N) is 2. The number of aliphatic hydroxyl groups excluding tert-OH is 1. The first-order valence-electron chi connectivity index (χ1n) is 12.5. The van der Waals surface area contributed by atoms with Crippen molar-refractivity contribution in [3.8, 4) is 0 Å². The summed E-state index contributed by atoms with van der Waals surface area (Å²) in [5, 5.41) is 16.2. The Labute approximate surface area is 233 Å². The molecule has 3 heterocycles. The van der Waals surface area contributed by atoms with Gasteiger partial charge in [-0.05, 0) is 35.4 Å². The molecule has 1 saturated heterocycles. The molecular weight excluding hydrogens is 548 g/mol. The zero-order valence-corrected chi connectivity index (χ0v) is 21.9. The van der Waals surface area contributed by atoms with Gasteiger partial charge in [-0.2, -0.15) is 13.2 Å². The average molecular weight is 579 g/mol. The Morgan fingerprint density at radius 2 is 1.98 bits per heavy atom. The normalized spacial score (nSPS) is 20.3.